The Balaban J connectivity index is 2.26. The van der Waals surface area contributed by atoms with Gasteiger partial charge in [-0.15, -0.1) is 0 Å². The lowest BCUT2D eigenvalue weighted by Gasteiger charge is -2.12. The zero-order chi connectivity index (χ0) is 15.4. The topological polar surface area (TPSA) is 55.8 Å². The Morgan fingerprint density at radius 2 is 1.90 bits per heavy atom. The third-order valence-corrected chi connectivity index (χ3v) is 3.31. The molecule has 4 heteroatoms. The van der Waals surface area contributed by atoms with Crippen molar-refractivity contribution in [3.8, 4) is 11.5 Å². The van der Waals surface area contributed by atoms with Crippen LogP contribution < -0.4 is 9.47 Å². The predicted molar refractivity (Wildman–Crippen MR) is 80.2 cm³/mol. The molecule has 0 aromatic heterocycles. The van der Waals surface area contributed by atoms with Crippen molar-refractivity contribution >= 4 is 5.97 Å². The molecule has 21 heavy (non-hydrogen) atoms. The van der Waals surface area contributed by atoms with Crippen molar-refractivity contribution in [2.24, 2.45) is 0 Å². The predicted octanol–water partition coefficient (Wildman–Crippen LogP) is 3.59. The van der Waals surface area contributed by atoms with Gasteiger partial charge in [0.05, 0.1) is 7.11 Å². The van der Waals surface area contributed by atoms with Crippen molar-refractivity contribution in [3.63, 3.8) is 0 Å². The van der Waals surface area contributed by atoms with Crippen molar-refractivity contribution in [2.45, 2.75) is 20.5 Å². The van der Waals surface area contributed by atoms with Crippen LogP contribution in [0.1, 0.15) is 27.0 Å². The highest BCUT2D eigenvalue weighted by atomic mass is 16.5. The van der Waals surface area contributed by atoms with Gasteiger partial charge in [0.15, 0.2) is 0 Å². The second kappa shape index (κ2) is 6.31. The van der Waals surface area contributed by atoms with E-state index in [1.165, 1.54) is 13.2 Å². The van der Waals surface area contributed by atoms with Gasteiger partial charge < -0.3 is 14.6 Å². The molecular weight excluding hydrogens is 268 g/mol. The van der Waals surface area contributed by atoms with E-state index in [4.69, 9.17) is 9.47 Å². The third kappa shape index (κ3) is 3.54. The Morgan fingerprint density at radius 1 is 1.14 bits per heavy atom. The number of carbonyl (C=O) groups is 1. The van der Waals surface area contributed by atoms with Crippen molar-refractivity contribution < 1.29 is 19.4 Å². The molecule has 0 saturated heterocycles. The SMILES string of the molecule is COc1ccc(C(=O)O)c(OCc2cc(C)ccc2C)c1. The number of carboxylic acid groups (broad SMARTS) is 1. The van der Waals surface area contributed by atoms with Crippen molar-refractivity contribution in [3.05, 3.63) is 58.7 Å². The average Bonchev–Trinajstić information content (AvgIpc) is 2.47. The van der Waals surface area contributed by atoms with Crippen LogP contribution in [0.3, 0.4) is 0 Å². The lowest BCUT2D eigenvalue weighted by molar-refractivity contribution is 0.0691. The number of aryl methyl sites for hydroxylation is 2. The highest BCUT2D eigenvalue weighted by molar-refractivity contribution is 5.91. The standard InChI is InChI=1S/C17H18O4/c1-11-4-5-12(2)13(8-11)10-21-16-9-14(20-3)6-7-15(16)17(18)19/h4-9H,10H2,1-3H3,(H,18,19). The van der Waals surface area contributed by atoms with Crippen molar-refractivity contribution in [1.82, 2.24) is 0 Å². The summed E-state index contributed by atoms with van der Waals surface area (Å²) in [7, 11) is 1.53. The minimum Gasteiger partial charge on any atom is -0.497 e. The smallest absolute Gasteiger partial charge is 0.339 e. The molecule has 0 heterocycles. The first kappa shape index (κ1) is 14.9. The number of aromatic carboxylic acids is 1. The molecule has 0 aliphatic rings. The molecule has 0 atom stereocenters. The van der Waals surface area contributed by atoms with Gasteiger partial charge in [-0.1, -0.05) is 23.8 Å². The third-order valence-electron chi connectivity index (χ3n) is 3.31. The highest BCUT2D eigenvalue weighted by Gasteiger charge is 2.13. The minimum atomic E-state index is -1.02. The van der Waals surface area contributed by atoms with Gasteiger partial charge in [0, 0.05) is 6.07 Å². The summed E-state index contributed by atoms with van der Waals surface area (Å²) in [5.74, 6) is -0.146. The van der Waals surface area contributed by atoms with Crippen LogP contribution in [0.5, 0.6) is 11.5 Å². The molecule has 2 aromatic rings. The fourth-order valence-corrected chi connectivity index (χ4v) is 2.04. The van der Waals surface area contributed by atoms with E-state index in [1.807, 2.05) is 32.0 Å². The van der Waals surface area contributed by atoms with Crippen LogP contribution >= 0.6 is 0 Å². The van der Waals surface area contributed by atoms with Gasteiger partial charge in [-0.2, -0.15) is 0 Å². The summed E-state index contributed by atoms with van der Waals surface area (Å²) >= 11 is 0. The molecule has 0 radical (unpaired) electrons. The summed E-state index contributed by atoms with van der Waals surface area (Å²) in [6.07, 6.45) is 0. The largest absolute Gasteiger partial charge is 0.497 e. The van der Waals surface area contributed by atoms with Gasteiger partial charge in [-0.25, -0.2) is 4.79 Å². The molecule has 0 amide bonds. The molecule has 0 aliphatic heterocycles. The number of methoxy groups -OCH3 is 1. The Morgan fingerprint density at radius 3 is 2.57 bits per heavy atom. The lowest BCUT2D eigenvalue weighted by Crippen LogP contribution is -2.05. The van der Waals surface area contributed by atoms with Crippen LogP contribution in [0, 0.1) is 13.8 Å². The van der Waals surface area contributed by atoms with Crippen LogP contribution in [0.4, 0.5) is 0 Å². The van der Waals surface area contributed by atoms with Gasteiger partial charge in [0.1, 0.15) is 23.7 Å². The molecule has 0 bridgehead atoms. The summed E-state index contributed by atoms with van der Waals surface area (Å²) in [6.45, 7) is 4.33. The number of benzene rings is 2. The number of rotatable bonds is 5. The number of hydrogen-bond acceptors (Lipinski definition) is 3. The maximum Gasteiger partial charge on any atom is 0.339 e. The summed E-state index contributed by atoms with van der Waals surface area (Å²) in [4.78, 5) is 11.2. The molecule has 110 valence electrons. The summed E-state index contributed by atoms with van der Waals surface area (Å²) in [5.41, 5.74) is 3.42. The average molecular weight is 286 g/mol. The van der Waals surface area contributed by atoms with Crippen LogP contribution in [-0.4, -0.2) is 18.2 Å². The van der Waals surface area contributed by atoms with Crippen LogP contribution in [0.2, 0.25) is 0 Å². The monoisotopic (exact) mass is 286 g/mol. The number of hydrogen-bond donors (Lipinski definition) is 1. The second-order valence-corrected chi connectivity index (χ2v) is 4.89. The van der Waals surface area contributed by atoms with E-state index in [0.717, 1.165) is 16.7 Å². The van der Waals surface area contributed by atoms with Crippen LogP contribution in [0.25, 0.3) is 0 Å². The summed E-state index contributed by atoms with van der Waals surface area (Å²) < 4.78 is 10.8. The first-order chi connectivity index (χ1) is 10.0. The summed E-state index contributed by atoms with van der Waals surface area (Å²) in [5, 5.41) is 9.20. The molecule has 0 saturated carbocycles. The molecule has 0 unspecified atom stereocenters. The molecule has 0 spiro atoms. The van der Waals surface area contributed by atoms with E-state index in [9.17, 15) is 9.90 Å². The first-order valence-corrected chi connectivity index (χ1v) is 6.61. The quantitative estimate of drug-likeness (QED) is 0.912. The van der Waals surface area contributed by atoms with Crippen molar-refractivity contribution in [1.29, 1.82) is 0 Å². The van der Waals surface area contributed by atoms with Gasteiger partial charge in [0.25, 0.3) is 0 Å². The van der Waals surface area contributed by atoms with Crippen LogP contribution in [-0.2, 0) is 6.61 Å². The molecular formula is C17H18O4. The maximum absolute atomic E-state index is 11.2. The Hall–Kier alpha value is -2.49. The molecule has 1 N–H and O–H groups in total. The number of carboxylic acids is 1. The van der Waals surface area contributed by atoms with E-state index in [0.29, 0.717) is 18.1 Å². The minimum absolute atomic E-state index is 0.126. The van der Waals surface area contributed by atoms with Gasteiger partial charge in [0.2, 0.25) is 0 Å². The molecule has 0 aliphatic carbocycles. The lowest BCUT2D eigenvalue weighted by atomic mass is 10.1. The maximum atomic E-state index is 11.2. The van der Waals surface area contributed by atoms with E-state index in [2.05, 4.69) is 0 Å². The Labute approximate surface area is 123 Å². The van der Waals surface area contributed by atoms with E-state index in [-0.39, 0.29) is 5.56 Å². The fourth-order valence-electron chi connectivity index (χ4n) is 2.04. The molecule has 2 aromatic carbocycles. The van der Waals surface area contributed by atoms with Gasteiger partial charge >= 0.3 is 5.97 Å². The van der Waals surface area contributed by atoms with Crippen LogP contribution in [0.15, 0.2) is 36.4 Å². The Kier molecular flexibility index (Phi) is 4.48. The number of ether oxygens (including phenoxy) is 2. The fraction of sp³-hybridized carbons (Fsp3) is 0.235. The van der Waals surface area contributed by atoms with Gasteiger partial charge in [-0.05, 0) is 37.1 Å². The van der Waals surface area contributed by atoms with E-state index in [1.54, 1.807) is 12.1 Å². The zero-order valence-electron chi connectivity index (χ0n) is 12.3. The van der Waals surface area contributed by atoms with E-state index < -0.39 is 5.97 Å². The normalized spacial score (nSPS) is 10.2. The zero-order valence-corrected chi connectivity index (χ0v) is 12.3. The summed E-state index contributed by atoms with van der Waals surface area (Å²) in [6, 6.07) is 10.8. The molecule has 4 nitrogen and oxygen atoms in total. The van der Waals surface area contributed by atoms with Gasteiger partial charge in [-0.3, -0.25) is 0 Å². The molecule has 0 fully saturated rings. The highest BCUT2D eigenvalue weighted by Crippen LogP contribution is 2.26. The van der Waals surface area contributed by atoms with E-state index >= 15 is 0 Å². The first-order valence-electron chi connectivity index (χ1n) is 6.61. The van der Waals surface area contributed by atoms with Crippen molar-refractivity contribution in [2.75, 3.05) is 7.11 Å². The molecule has 2 rings (SSSR count). The Bertz CT molecular complexity index is 662. The second-order valence-electron chi connectivity index (χ2n) is 4.89.